The molecule has 0 aliphatic carbocycles. The van der Waals surface area contributed by atoms with Gasteiger partial charge in [0.1, 0.15) is 0 Å². The maximum Gasteiger partial charge on any atom is 0.258 e. The van der Waals surface area contributed by atoms with E-state index >= 15 is 0 Å². The Balaban J connectivity index is 1.59. The van der Waals surface area contributed by atoms with Gasteiger partial charge in [0, 0.05) is 15.4 Å². The number of nitrogens with zero attached hydrogens (tertiary/aromatic N) is 2. The number of nitrogens with one attached hydrogen (secondary N) is 1. The Bertz CT molecular complexity index is 1350. The Morgan fingerprint density at radius 1 is 0.862 bits per heavy atom. The number of hydrogen-bond donors (Lipinski definition) is 1. The smallest absolute Gasteiger partial charge is 0.258 e. The number of thiazole rings is 1. The Morgan fingerprint density at radius 2 is 1.66 bits per heavy atom. The number of benzene rings is 3. The van der Waals surface area contributed by atoms with Crippen LogP contribution in [-0.4, -0.2) is 15.9 Å². The molecule has 0 fully saturated rings. The molecule has 29 heavy (non-hydrogen) atoms. The van der Waals surface area contributed by atoms with Crippen molar-refractivity contribution in [2.24, 2.45) is 0 Å². The molecule has 0 aliphatic heterocycles. The average Bonchev–Trinajstić information content (AvgIpc) is 3.15. The summed E-state index contributed by atoms with van der Waals surface area (Å²) in [4.78, 5) is 22.4. The number of aromatic nitrogens is 2. The fourth-order valence-electron chi connectivity index (χ4n) is 3.25. The highest BCUT2D eigenvalue weighted by molar-refractivity contribution is 9.10. The van der Waals surface area contributed by atoms with Crippen molar-refractivity contribution >= 4 is 59.4 Å². The van der Waals surface area contributed by atoms with Gasteiger partial charge in [0.15, 0.2) is 5.13 Å². The highest BCUT2D eigenvalue weighted by Crippen LogP contribution is 2.29. The number of halogens is 1. The van der Waals surface area contributed by atoms with Crippen LogP contribution in [0.15, 0.2) is 83.3 Å². The molecule has 1 N–H and O–H groups in total. The van der Waals surface area contributed by atoms with E-state index in [0.29, 0.717) is 10.7 Å². The average molecular weight is 460 g/mol. The molecule has 0 atom stereocenters. The summed E-state index contributed by atoms with van der Waals surface area (Å²) in [6.07, 6.45) is 0. The van der Waals surface area contributed by atoms with Gasteiger partial charge in [-0.1, -0.05) is 69.7 Å². The predicted molar refractivity (Wildman–Crippen MR) is 122 cm³/mol. The first-order chi connectivity index (χ1) is 14.2. The van der Waals surface area contributed by atoms with Crippen LogP contribution in [0, 0.1) is 0 Å². The van der Waals surface area contributed by atoms with E-state index in [-0.39, 0.29) is 5.91 Å². The zero-order valence-electron chi connectivity index (χ0n) is 15.1. The van der Waals surface area contributed by atoms with Crippen LogP contribution >= 0.6 is 27.3 Å². The van der Waals surface area contributed by atoms with Crippen molar-refractivity contribution < 1.29 is 4.79 Å². The van der Waals surface area contributed by atoms with Gasteiger partial charge >= 0.3 is 0 Å². The van der Waals surface area contributed by atoms with Gasteiger partial charge in [-0.05, 0) is 36.4 Å². The fourth-order valence-corrected chi connectivity index (χ4v) is 4.51. The van der Waals surface area contributed by atoms with Gasteiger partial charge in [-0.25, -0.2) is 9.97 Å². The molecule has 0 bridgehead atoms. The highest BCUT2D eigenvalue weighted by Gasteiger charge is 2.16. The van der Waals surface area contributed by atoms with Crippen molar-refractivity contribution in [3.63, 3.8) is 0 Å². The monoisotopic (exact) mass is 459 g/mol. The largest absolute Gasteiger partial charge is 0.298 e. The lowest BCUT2D eigenvalue weighted by Gasteiger charge is -2.10. The molecule has 0 saturated heterocycles. The third-order valence-electron chi connectivity index (χ3n) is 4.60. The zero-order valence-corrected chi connectivity index (χ0v) is 17.5. The van der Waals surface area contributed by atoms with Crippen LogP contribution in [0.2, 0.25) is 0 Å². The number of rotatable bonds is 3. The summed E-state index contributed by atoms with van der Waals surface area (Å²) in [5.74, 6) is -0.195. The second-order valence-electron chi connectivity index (χ2n) is 6.52. The maximum atomic E-state index is 13.2. The molecule has 1 amide bonds. The number of carbonyl (C=O) groups is 1. The number of pyridine rings is 1. The lowest BCUT2D eigenvalue weighted by molar-refractivity contribution is 0.102. The minimum atomic E-state index is -0.195. The molecule has 0 spiro atoms. The summed E-state index contributed by atoms with van der Waals surface area (Å²) < 4.78 is 2.00. The zero-order chi connectivity index (χ0) is 19.8. The van der Waals surface area contributed by atoms with E-state index in [1.54, 1.807) is 0 Å². The Labute approximate surface area is 179 Å². The van der Waals surface area contributed by atoms with Gasteiger partial charge in [-0.3, -0.25) is 10.1 Å². The van der Waals surface area contributed by atoms with E-state index in [2.05, 4.69) is 26.2 Å². The Morgan fingerprint density at radius 3 is 2.48 bits per heavy atom. The van der Waals surface area contributed by atoms with E-state index in [9.17, 15) is 4.79 Å². The number of carbonyl (C=O) groups excluding carboxylic acids is 1. The maximum absolute atomic E-state index is 13.2. The summed E-state index contributed by atoms with van der Waals surface area (Å²) in [6, 6.07) is 25.3. The number of amides is 1. The molecule has 3 aromatic carbocycles. The highest BCUT2D eigenvalue weighted by atomic mass is 79.9. The second kappa shape index (κ2) is 7.39. The Hall–Kier alpha value is -3.09. The molecular weight excluding hydrogens is 446 g/mol. The first-order valence-corrected chi connectivity index (χ1v) is 10.6. The topological polar surface area (TPSA) is 54.9 Å². The number of hydrogen-bond acceptors (Lipinski definition) is 4. The molecule has 6 heteroatoms. The molecule has 2 heterocycles. The van der Waals surface area contributed by atoms with Crippen molar-refractivity contribution in [3.05, 3.63) is 88.9 Å². The van der Waals surface area contributed by atoms with Gasteiger partial charge in [-0.2, -0.15) is 0 Å². The summed E-state index contributed by atoms with van der Waals surface area (Å²) >= 11 is 4.97. The molecule has 2 aromatic heterocycles. The van der Waals surface area contributed by atoms with Crippen LogP contribution in [0.25, 0.3) is 32.4 Å². The third-order valence-corrected chi connectivity index (χ3v) is 6.04. The van der Waals surface area contributed by atoms with Crippen LogP contribution in [-0.2, 0) is 0 Å². The molecule has 140 valence electrons. The quantitative estimate of drug-likeness (QED) is 0.333. The number of para-hydroxylation sites is 2. The van der Waals surface area contributed by atoms with Crippen molar-refractivity contribution in [2.75, 3.05) is 5.32 Å². The molecule has 5 rings (SSSR count). The summed E-state index contributed by atoms with van der Waals surface area (Å²) in [7, 11) is 0. The summed E-state index contributed by atoms with van der Waals surface area (Å²) in [6.45, 7) is 0. The summed E-state index contributed by atoms with van der Waals surface area (Å²) in [5, 5.41) is 4.36. The molecule has 4 nitrogen and oxygen atoms in total. The molecule has 5 aromatic rings. The molecule has 0 radical (unpaired) electrons. The molecule has 0 unspecified atom stereocenters. The minimum Gasteiger partial charge on any atom is -0.298 e. The van der Waals surface area contributed by atoms with Crippen molar-refractivity contribution in [2.45, 2.75) is 0 Å². The van der Waals surface area contributed by atoms with E-state index in [0.717, 1.165) is 36.8 Å². The van der Waals surface area contributed by atoms with Crippen LogP contribution in [0.4, 0.5) is 5.13 Å². The van der Waals surface area contributed by atoms with Crippen LogP contribution < -0.4 is 5.32 Å². The van der Waals surface area contributed by atoms with Gasteiger partial charge in [0.05, 0.1) is 27.0 Å². The molecule has 0 saturated carbocycles. The lowest BCUT2D eigenvalue weighted by Crippen LogP contribution is -2.13. The lowest BCUT2D eigenvalue weighted by atomic mass is 10.0. The Kier molecular flexibility index (Phi) is 4.58. The predicted octanol–water partition coefficient (Wildman–Crippen LogP) is 6.53. The van der Waals surface area contributed by atoms with Gasteiger partial charge in [0.25, 0.3) is 5.91 Å². The normalized spacial score (nSPS) is 11.1. The second-order valence-corrected chi connectivity index (χ2v) is 8.47. The third kappa shape index (κ3) is 3.52. The van der Waals surface area contributed by atoms with E-state index < -0.39 is 0 Å². The molecular formula is C23H14BrN3OS. The standard InChI is InChI=1S/C23H14BrN3OS/c24-15-7-5-6-14(12-15)20-13-17(16-8-1-2-9-18(16)25-20)22(28)27-23-26-19-10-3-4-11-21(19)29-23/h1-13H,(H,26,27,28). The van der Waals surface area contributed by atoms with Gasteiger partial charge in [0.2, 0.25) is 0 Å². The fraction of sp³-hybridized carbons (Fsp3) is 0. The SMILES string of the molecule is O=C(Nc1nc2ccccc2s1)c1cc(-c2cccc(Br)c2)nc2ccccc12. The first-order valence-electron chi connectivity index (χ1n) is 9.00. The number of fused-ring (bicyclic) bond motifs is 2. The van der Waals surface area contributed by atoms with Crippen molar-refractivity contribution in [1.29, 1.82) is 0 Å². The van der Waals surface area contributed by atoms with Gasteiger partial charge in [-0.15, -0.1) is 0 Å². The van der Waals surface area contributed by atoms with Crippen LogP contribution in [0.3, 0.4) is 0 Å². The van der Waals surface area contributed by atoms with E-state index in [1.165, 1.54) is 11.3 Å². The van der Waals surface area contributed by atoms with Crippen molar-refractivity contribution in [1.82, 2.24) is 9.97 Å². The summed E-state index contributed by atoms with van der Waals surface area (Å²) in [5.41, 5.74) is 3.92. The van der Waals surface area contributed by atoms with E-state index in [4.69, 9.17) is 4.98 Å². The minimum absolute atomic E-state index is 0.195. The van der Waals surface area contributed by atoms with Crippen LogP contribution in [0.5, 0.6) is 0 Å². The van der Waals surface area contributed by atoms with Gasteiger partial charge < -0.3 is 0 Å². The van der Waals surface area contributed by atoms with Crippen molar-refractivity contribution in [3.8, 4) is 11.3 Å². The molecule has 0 aliphatic rings. The van der Waals surface area contributed by atoms with E-state index in [1.807, 2.05) is 78.9 Å². The first kappa shape index (κ1) is 18.0. The van der Waals surface area contributed by atoms with Crippen LogP contribution in [0.1, 0.15) is 10.4 Å². The number of anilines is 1.